The highest BCUT2D eigenvalue weighted by molar-refractivity contribution is 5.42. The van der Waals surface area contributed by atoms with Crippen molar-refractivity contribution in [3.8, 4) is 11.5 Å². The third kappa shape index (κ3) is 2.50. The van der Waals surface area contributed by atoms with Gasteiger partial charge in [0, 0.05) is 0 Å². The van der Waals surface area contributed by atoms with Crippen LogP contribution in [-0.2, 0) is 6.61 Å². The highest BCUT2D eigenvalue weighted by Gasteiger charge is 2.04. The van der Waals surface area contributed by atoms with Gasteiger partial charge in [0.15, 0.2) is 11.5 Å². The Hall–Kier alpha value is -1.48. The average Bonchev–Trinajstić information content (AvgIpc) is 2.26. The molecule has 14 heavy (non-hydrogen) atoms. The predicted molar refractivity (Wildman–Crippen MR) is 54.6 cm³/mol. The molecule has 1 N–H and O–H groups in total. The van der Waals surface area contributed by atoms with Gasteiger partial charge >= 0.3 is 0 Å². The van der Waals surface area contributed by atoms with Crippen molar-refractivity contribution in [3.05, 3.63) is 36.4 Å². The van der Waals surface area contributed by atoms with Gasteiger partial charge in [0.1, 0.15) is 6.61 Å². The third-order valence-corrected chi connectivity index (χ3v) is 1.77. The van der Waals surface area contributed by atoms with Crippen LogP contribution in [0.4, 0.5) is 0 Å². The lowest BCUT2D eigenvalue weighted by Crippen LogP contribution is -1.97. The Kier molecular flexibility index (Phi) is 4.01. The van der Waals surface area contributed by atoms with E-state index in [2.05, 4.69) is 6.58 Å². The molecule has 0 radical (unpaired) electrons. The first-order valence-electron chi connectivity index (χ1n) is 4.33. The summed E-state index contributed by atoms with van der Waals surface area (Å²) in [4.78, 5) is 0. The lowest BCUT2D eigenvalue weighted by atomic mass is 10.2. The molecule has 3 heteroatoms. The first kappa shape index (κ1) is 10.6. The van der Waals surface area contributed by atoms with E-state index in [1.165, 1.54) is 0 Å². The van der Waals surface area contributed by atoms with Gasteiger partial charge in [-0.1, -0.05) is 18.7 Å². The topological polar surface area (TPSA) is 38.7 Å². The van der Waals surface area contributed by atoms with E-state index in [9.17, 15) is 0 Å². The molecule has 0 heterocycles. The Morgan fingerprint density at radius 1 is 1.43 bits per heavy atom. The van der Waals surface area contributed by atoms with Gasteiger partial charge in [0.25, 0.3) is 0 Å². The zero-order valence-corrected chi connectivity index (χ0v) is 8.19. The molecule has 0 bridgehead atoms. The SMILES string of the molecule is C=CCOc1ccc(CO)cc1OC. The molecule has 0 aliphatic rings. The van der Waals surface area contributed by atoms with E-state index < -0.39 is 0 Å². The van der Waals surface area contributed by atoms with Crippen LogP contribution >= 0.6 is 0 Å². The second kappa shape index (κ2) is 5.29. The molecule has 0 atom stereocenters. The summed E-state index contributed by atoms with van der Waals surface area (Å²) in [6, 6.07) is 5.31. The minimum Gasteiger partial charge on any atom is -0.493 e. The van der Waals surface area contributed by atoms with Crippen molar-refractivity contribution in [1.82, 2.24) is 0 Å². The van der Waals surface area contributed by atoms with Gasteiger partial charge in [0.05, 0.1) is 13.7 Å². The summed E-state index contributed by atoms with van der Waals surface area (Å²) >= 11 is 0. The van der Waals surface area contributed by atoms with E-state index in [-0.39, 0.29) is 6.61 Å². The molecule has 3 nitrogen and oxygen atoms in total. The van der Waals surface area contributed by atoms with Gasteiger partial charge in [-0.05, 0) is 17.7 Å². The molecule has 0 amide bonds. The molecule has 1 aromatic rings. The maximum atomic E-state index is 8.91. The third-order valence-electron chi connectivity index (χ3n) is 1.77. The number of hydrogen-bond donors (Lipinski definition) is 1. The van der Waals surface area contributed by atoms with Crippen LogP contribution in [0.25, 0.3) is 0 Å². The standard InChI is InChI=1S/C11H14O3/c1-3-6-14-10-5-4-9(8-12)7-11(10)13-2/h3-5,7,12H,1,6,8H2,2H3. The summed E-state index contributed by atoms with van der Waals surface area (Å²) in [6.07, 6.45) is 1.67. The molecule has 0 saturated heterocycles. The first-order chi connectivity index (χ1) is 6.81. The Morgan fingerprint density at radius 2 is 2.21 bits per heavy atom. The molecule has 0 saturated carbocycles. The number of benzene rings is 1. The van der Waals surface area contributed by atoms with Crippen LogP contribution in [0, 0.1) is 0 Å². The molecule has 0 fully saturated rings. The maximum Gasteiger partial charge on any atom is 0.161 e. The summed E-state index contributed by atoms with van der Waals surface area (Å²) < 4.78 is 10.5. The van der Waals surface area contributed by atoms with Crippen LogP contribution in [0.1, 0.15) is 5.56 Å². The fourth-order valence-corrected chi connectivity index (χ4v) is 1.08. The van der Waals surface area contributed by atoms with Crippen molar-refractivity contribution >= 4 is 0 Å². The average molecular weight is 194 g/mol. The van der Waals surface area contributed by atoms with Crippen molar-refractivity contribution in [3.63, 3.8) is 0 Å². The lowest BCUT2D eigenvalue weighted by Gasteiger charge is -2.09. The number of aliphatic hydroxyl groups excluding tert-OH is 1. The van der Waals surface area contributed by atoms with Gasteiger partial charge in [-0.15, -0.1) is 0 Å². The highest BCUT2D eigenvalue weighted by Crippen LogP contribution is 2.27. The van der Waals surface area contributed by atoms with Crippen molar-refractivity contribution in [1.29, 1.82) is 0 Å². The minimum atomic E-state index is -0.00189. The van der Waals surface area contributed by atoms with E-state index in [1.807, 2.05) is 0 Å². The van der Waals surface area contributed by atoms with Crippen LogP contribution in [0.15, 0.2) is 30.9 Å². The Labute approximate surface area is 83.6 Å². The van der Waals surface area contributed by atoms with E-state index in [0.717, 1.165) is 5.56 Å². The molecule has 76 valence electrons. The van der Waals surface area contributed by atoms with Gasteiger partial charge in [-0.2, -0.15) is 0 Å². The second-order valence-electron chi connectivity index (χ2n) is 2.74. The van der Waals surface area contributed by atoms with E-state index in [1.54, 1.807) is 31.4 Å². The second-order valence-corrected chi connectivity index (χ2v) is 2.74. The number of rotatable bonds is 5. The molecule has 1 rings (SSSR count). The minimum absolute atomic E-state index is 0.00189. The quantitative estimate of drug-likeness (QED) is 0.726. The summed E-state index contributed by atoms with van der Waals surface area (Å²) in [7, 11) is 1.57. The number of ether oxygens (including phenoxy) is 2. The van der Waals surface area contributed by atoms with Crippen LogP contribution in [0.2, 0.25) is 0 Å². The lowest BCUT2D eigenvalue weighted by molar-refractivity contribution is 0.279. The number of hydrogen-bond acceptors (Lipinski definition) is 3. The molecule has 0 aliphatic heterocycles. The van der Waals surface area contributed by atoms with Gasteiger partial charge < -0.3 is 14.6 Å². The Morgan fingerprint density at radius 3 is 2.79 bits per heavy atom. The fourth-order valence-electron chi connectivity index (χ4n) is 1.08. The van der Waals surface area contributed by atoms with Crippen LogP contribution in [0.3, 0.4) is 0 Å². The molecule has 0 unspecified atom stereocenters. The van der Waals surface area contributed by atoms with Gasteiger partial charge in [0.2, 0.25) is 0 Å². The highest BCUT2D eigenvalue weighted by atomic mass is 16.5. The van der Waals surface area contributed by atoms with Gasteiger partial charge in [-0.3, -0.25) is 0 Å². The molecule has 0 aromatic heterocycles. The summed E-state index contributed by atoms with van der Waals surface area (Å²) in [5.41, 5.74) is 0.799. The largest absolute Gasteiger partial charge is 0.493 e. The van der Waals surface area contributed by atoms with Crippen molar-refractivity contribution < 1.29 is 14.6 Å². The van der Waals surface area contributed by atoms with Crippen LogP contribution in [0.5, 0.6) is 11.5 Å². The summed E-state index contributed by atoms with van der Waals surface area (Å²) in [5.74, 6) is 1.28. The summed E-state index contributed by atoms with van der Waals surface area (Å²) in [6.45, 7) is 4.00. The normalized spacial score (nSPS) is 9.57. The Bertz CT molecular complexity index is 307. The molecule has 0 aliphatic carbocycles. The first-order valence-corrected chi connectivity index (χ1v) is 4.33. The fraction of sp³-hybridized carbons (Fsp3) is 0.273. The molecule has 0 spiro atoms. The maximum absolute atomic E-state index is 8.91. The smallest absolute Gasteiger partial charge is 0.161 e. The Balaban J connectivity index is 2.87. The zero-order chi connectivity index (χ0) is 10.4. The van der Waals surface area contributed by atoms with Crippen molar-refractivity contribution in [2.24, 2.45) is 0 Å². The molecule has 1 aromatic carbocycles. The van der Waals surface area contributed by atoms with Crippen LogP contribution < -0.4 is 9.47 Å². The monoisotopic (exact) mass is 194 g/mol. The van der Waals surface area contributed by atoms with Crippen molar-refractivity contribution in [2.45, 2.75) is 6.61 Å². The number of methoxy groups -OCH3 is 1. The molecular formula is C11H14O3. The summed E-state index contributed by atoms with van der Waals surface area (Å²) in [5, 5.41) is 8.91. The number of aliphatic hydroxyl groups is 1. The van der Waals surface area contributed by atoms with E-state index >= 15 is 0 Å². The zero-order valence-electron chi connectivity index (χ0n) is 8.19. The van der Waals surface area contributed by atoms with E-state index in [0.29, 0.717) is 18.1 Å². The molecular weight excluding hydrogens is 180 g/mol. The van der Waals surface area contributed by atoms with E-state index in [4.69, 9.17) is 14.6 Å². The van der Waals surface area contributed by atoms with Crippen molar-refractivity contribution in [2.75, 3.05) is 13.7 Å². The van der Waals surface area contributed by atoms with Gasteiger partial charge in [-0.25, -0.2) is 0 Å². The predicted octanol–water partition coefficient (Wildman–Crippen LogP) is 1.75. The van der Waals surface area contributed by atoms with Crippen LogP contribution in [-0.4, -0.2) is 18.8 Å².